The Bertz CT molecular complexity index is 3570. The van der Waals surface area contributed by atoms with Crippen LogP contribution in [-0.4, -0.2) is 134 Å². The van der Waals surface area contributed by atoms with E-state index in [2.05, 4.69) is 73.4 Å². The van der Waals surface area contributed by atoms with Gasteiger partial charge in [0.05, 0.1) is 52.8 Å². The van der Waals surface area contributed by atoms with Gasteiger partial charge in [-0.2, -0.15) is 0 Å². The van der Waals surface area contributed by atoms with Gasteiger partial charge in [0.1, 0.15) is 22.2 Å². The number of hydrogen-bond acceptors (Lipinski definition) is 14. The SMILES string of the molecule is CCC[CH2][Sn][c]1cncn1C.Cc1nc(-c2cncn2C)nc2ccccc12.Cc1nc(Cl)nc2ccccc12.Clc1nc(Cl)c2ccccc2n1.Cn1cncc1-c1nc(C=O)c2ccccc2n1.O=[Se]=O.[CH3-].[Cl-].[Mg+2]. The molecule has 0 aliphatic carbocycles. The summed E-state index contributed by atoms with van der Waals surface area (Å²) < 4.78 is 25.8. The standard InChI is InChI=1S/C13H10N4O.C13H12N4.C9H7ClN2.C8H4Cl2N2.C4H5N2.C4H9.CH3.ClH.Mg.O2Se.Sn/c1-17-8-14-6-12(17)13-15-10-5-3-2-4-9(10)11(7-18)16-13;1-9-10-5-3-4-6-11(10)16-13(15-9)12-7-14-8-17(12)2;1-6-7-4-2-3-5-8(7)12-9(10)11-6;9-7-5-3-1-2-4-6(5)11-8(10)12-7;1-6-3-2-5-4-6;1-3-4-2;;;;1-3-2;/h2-8H,1H3;3-8H,1-2H3;2-5H,1H3;1-4H;2,4H,1H3;1,3-4H2,2H3;1H3;1H;;;/q;;;;;;-1;;+2;;/p-1. The van der Waals surface area contributed by atoms with Crippen molar-refractivity contribution in [3.63, 3.8) is 0 Å². The van der Waals surface area contributed by atoms with Gasteiger partial charge < -0.3 is 29.0 Å². The third kappa shape index (κ3) is 18.0. The van der Waals surface area contributed by atoms with Crippen molar-refractivity contribution in [1.82, 2.24) is 68.5 Å². The van der Waals surface area contributed by atoms with Crippen molar-refractivity contribution in [2.75, 3.05) is 0 Å². The molecule has 24 heteroatoms. The number of benzene rings is 4. The monoisotopic (exact) mass is 1280 g/mol. The van der Waals surface area contributed by atoms with Gasteiger partial charge in [-0.1, -0.05) is 78.3 Å². The van der Waals surface area contributed by atoms with Crippen molar-refractivity contribution in [2.24, 2.45) is 21.1 Å². The predicted octanol–water partition coefficient (Wildman–Crippen LogP) is 7.13. The molecule has 7 aromatic heterocycles. The number of carbonyl (C=O) groups excluding carboxylic acids is 1. The molecule has 2 radical (unpaired) electrons. The summed E-state index contributed by atoms with van der Waals surface area (Å²) in [6.45, 7) is 6.18. The van der Waals surface area contributed by atoms with Crippen molar-refractivity contribution in [3.05, 3.63) is 175 Å². The topological polar surface area (TPSA) is 208 Å². The van der Waals surface area contributed by atoms with E-state index >= 15 is 0 Å². The van der Waals surface area contributed by atoms with Crippen LogP contribution in [-0.2, 0) is 28.8 Å². The molecule has 0 unspecified atom stereocenters. The van der Waals surface area contributed by atoms with E-state index in [-0.39, 0.29) is 69.3 Å². The molecule has 0 spiro atoms. The van der Waals surface area contributed by atoms with Gasteiger partial charge >= 0.3 is 124 Å². The van der Waals surface area contributed by atoms with Crippen molar-refractivity contribution in [3.8, 4) is 23.0 Å². The number of aldehydes is 1. The maximum Gasteiger partial charge on any atom is 2.00 e. The normalized spacial score (nSPS) is 9.96. The van der Waals surface area contributed by atoms with Crippen LogP contribution < -0.4 is 16.1 Å². The van der Waals surface area contributed by atoms with E-state index in [1.165, 1.54) is 21.0 Å². The van der Waals surface area contributed by atoms with Gasteiger partial charge in [0.15, 0.2) is 17.9 Å². The fourth-order valence-electron chi connectivity index (χ4n) is 6.93. The third-order valence-electron chi connectivity index (χ3n) is 10.6. The number of halogens is 4. The van der Waals surface area contributed by atoms with Crippen LogP contribution in [0.4, 0.5) is 0 Å². The molecule has 0 saturated carbocycles. The molecule has 11 aromatic rings. The van der Waals surface area contributed by atoms with Crippen LogP contribution in [0.15, 0.2) is 135 Å². The van der Waals surface area contributed by atoms with E-state index in [0.29, 0.717) is 22.0 Å². The summed E-state index contributed by atoms with van der Waals surface area (Å²) in [6.07, 6.45) is 14.3. The first-order valence-corrected chi connectivity index (χ1v) is 28.3. The second-order valence-corrected chi connectivity index (χ2v) is 20.8. The van der Waals surface area contributed by atoms with Crippen LogP contribution in [0.25, 0.3) is 66.6 Å². The fourth-order valence-corrected chi connectivity index (χ4v) is 11.2. The number of aryl methyl sites for hydroxylation is 5. The summed E-state index contributed by atoms with van der Waals surface area (Å²) in [5, 5.41) is 4.62. The van der Waals surface area contributed by atoms with E-state index < -0.39 is 14.8 Å². The molecule has 0 fully saturated rings. The molecule has 0 bridgehead atoms. The molecule has 17 nitrogen and oxygen atoms in total. The Hall–Kier alpha value is -5.62. The zero-order valence-electron chi connectivity index (χ0n) is 42.5. The molecular formula is C52H50Cl4MgN14O3SeSn. The molecule has 0 aliphatic rings. The summed E-state index contributed by atoms with van der Waals surface area (Å²) >= 11 is 15.2. The number of hydrogen-bond donors (Lipinski definition) is 0. The first-order chi connectivity index (χ1) is 35.3. The molecule has 0 amide bonds. The largest absolute Gasteiger partial charge is 2.00 e. The van der Waals surface area contributed by atoms with Crippen LogP contribution in [0.5, 0.6) is 0 Å². The molecule has 7 heterocycles. The first kappa shape index (κ1) is 64.7. The van der Waals surface area contributed by atoms with E-state index in [9.17, 15) is 4.79 Å². The average molecular weight is 1280 g/mol. The molecule has 76 heavy (non-hydrogen) atoms. The number of carbonyl (C=O) groups is 1. The van der Waals surface area contributed by atoms with E-state index in [1.54, 1.807) is 25.0 Å². The molecule has 11 rings (SSSR count). The summed E-state index contributed by atoms with van der Waals surface area (Å²) in [6, 6.07) is 30.8. The number of unbranched alkanes of at least 4 members (excludes halogenated alkanes) is 1. The van der Waals surface area contributed by atoms with Crippen molar-refractivity contribution in [1.29, 1.82) is 0 Å². The average Bonchev–Trinajstić information content (AvgIpc) is 4.15. The number of imidazole rings is 3. The minimum Gasteiger partial charge on any atom is -1.00 e. The number of rotatable bonds is 7. The maximum atomic E-state index is 11.1. The van der Waals surface area contributed by atoms with Crippen LogP contribution in [0.1, 0.15) is 41.6 Å². The number of nitrogens with zero attached hydrogens (tertiary/aromatic N) is 14. The fraction of sp³-hybridized carbons (Fsp3) is 0.173. The van der Waals surface area contributed by atoms with E-state index in [4.69, 9.17) is 42.5 Å². The van der Waals surface area contributed by atoms with Crippen molar-refractivity contribution < 1.29 is 24.9 Å². The molecule has 4 aromatic carbocycles. The Morgan fingerprint density at radius 2 is 0.961 bits per heavy atom. The zero-order valence-corrected chi connectivity index (χ0v) is 51.5. The minimum absolute atomic E-state index is 0. The Kier molecular flexibility index (Phi) is 28.0. The molecular weight excluding hydrogens is 1230 g/mol. The van der Waals surface area contributed by atoms with Gasteiger partial charge in [-0.25, -0.2) is 49.8 Å². The molecule has 0 N–H and O–H groups in total. The van der Waals surface area contributed by atoms with Gasteiger partial charge in [0.2, 0.25) is 10.6 Å². The molecule has 386 valence electrons. The molecule has 0 aliphatic heterocycles. The molecule has 0 atom stereocenters. The summed E-state index contributed by atoms with van der Waals surface area (Å²) in [7, 11) is 5.90. The second-order valence-electron chi connectivity index (χ2n) is 15.6. The third-order valence-corrected chi connectivity index (χ3v) is 15.3. The van der Waals surface area contributed by atoms with Crippen LogP contribution in [0, 0.1) is 21.3 Å². The smallest absolute Gasteiger partial charge is 1.00 e. The number of para-hydroxylation sites is 4. The Balaban J connectivity index is 0.000000248. The predicted molar refractivity (Wildman–Crippen MR) is 300 cm³/mol. The summed E-state index contributed by atoms with van der Waals surface area (Å²) in [5.74, 6) is 1.23. The van der Waals surface area contributed by atoms with E-state index in [0.717, 1.165) is 78.5 Å². The maximum absolute atomic E-state index is 11.1. The quantitative estimate of drug-likeness (QED) is 0.0389. The first-order valence-electron chi connectivity index (χ1n) is 22.3. The van der Waals surface area contributed by atoms with E-state index in [1.807, 2.05) is 147 Å². The number of fused-ring (bicyclic) bond motifs is 4. The van der Waals surface area contributed by atoms with Gasteiger partial charge in [0.25, 0.3) is 0 Å². The molecule has 0 saturated heterocycles. The Morgan fingerprint density at radius 1 is 0.553 bits per heavy atom. The minimum atomic E-state index is -1.62. The van der Waals surface area contributed by atoms with Crippen LogP contribution in [0.2, 0.25) is 20.2 Å². The summed E-state index contributed by atoms with van der Waals surface area (Å²) in [4.78, 5) is 57.2. The van der Waals surface area contributed by atoms with Crippen LogP contribution in [0.3, 0.4) is 0 Å². The van der Waals surface area contributed by atoms with Gasteiger partial charge in [-0.3, -0.25) is 4.79 Å². The van der Waals surface area contributed by atoms with Gasteiger partial charge in [-0.05, 0) is 67.4 Å². The van der Waals surface area contributed by atoms with Crippen molar-refractivity contribution in [2.45, 2.75) is 38.0 Å². The zero-order chi connectivity index (χ0) is 52.3. The van der Waals surface area contributed by atoms with Gasteiger partial charge in [0, 0.05) is 41.3 Å². The Morgan fingerprint density at radius 3 is 1.43 bits per heavy atom. The summed E-state index contributed by atoms with van der Waals surface area (Å²) in [5.41, 5.74) is 7.41. The second kappa shape index (κ2) is 32.9. The number of aromatic nitrogens is 14. The van der Waals surface area contributed by atoms with Crippen molar-refractivity contribution >= 4 is 147 Å². The van der Waals surface area contributed by atoms with Gasteiger partial charge in [-0.15, -0.1) is 0 Å². The Labute approximate surface area is 493 Å². The van der Waals surface area contributed by atoms with Crippen LogP contribution >= 0.6 is 34.8 Å².